The van der Waals surface area contributed by atoms with E-state index in [4.69, 9.17) is 0 Å². The minimum Gasteiger partial charge on any atom is -0.267 e. The summed E-state index contributed by atoms with van der Waals surface area (Å²) in [6.45, 7) is 0. The van der Waals surface area contributed by atoms with E-state index in [1.54, 1.807) is 24.3 Å². The highest BCUT2D eigenvalue weighted by atomic mass is 79.9. The van der Waals surface area contributed by atoms with Crippen molar-refractivity contribution in [3.05, 3.63) is 61.4 Å². The Balaban J connectivity index is 1.99. The number of carbonyl (C=O) groups excluding carboxylic acids is 1. The summed E-state index contributed by atoms with van der Waals surface area (Å²) in [6, 6.07) is 9.84. The number of hydrogen-bond acceptors (Lipinski definition) is 5. The number of amides is 1. The van der Waals surface area contributed by atoms with Crippen molar-refractivity contribution in [2.45, 2.75) is 0 Å². The van der Waals surface area contributed by atoms with E-state index in [1.807, 2.05) is 6.07 Å². The van der Waals surface area contributed by atoms with Gasteiger partial charge in [0.1, 0.15) is 0 Å². The Labute approximate surface area is 126 Å². The van der Waals surface area contributed by atoms with Crippen LogP contribution in [0, 0.1) is 10.1 Å². The number of thiophene rings is 1. The molecule has 0 aliphatic carbocycles. The van der Waals surface area contributed by atoms with Gasteiger partial charge in [0.05, 0.1) is 16.0 Å². The number of benzene rings is 1. The van der Waals surface area contributed by atoms with Gasteiger partial charge in [-0.05, 0) is 24.3 Å². The van der Waals surface area contributed by atoms with E-state index in [0.717, 1.165) is 15.8 Å². The molecule has 0 spiro atoms. The van der Waals surface area contributed by atoms with Gasteiger partial charge in [-0.2, -0.15) is 5.10 Å². The Kier molecular flexibility index (Phi) is 4.59. The number of nitrogens with one attached hydrogen (secondary N) is 1. The van der Waals surface area contributed by atoms with Gasteiger partial charge in [0.15, 0.2) is 0 Å². The lowest BCUT2D eigenvalue weighted by Crippen LogP contribution is -2.17. The molecule has 102 valence electrons. The maximum absolute atomic E-state index is 11.8. The first-order chi connectivity index (χ1) is 9.56. The molecule has 0 saturated heterocycles. The van der Waals surface area contributed by atoms with E-state index in [2.05, 4.69) is 26.5 Å². The number of rotatable bonds is 4. The zero-order chi connectivity index (χ0) is 14.5. The van der Waals surface area contributed by atoms with Gasteiger partial charge in [-0.3, -0.25) is 14.9 Å². The van der Waals surface area contributed by atoms with Crippen LogP contribution in [0.15, 0.2) is 46.0 Å². The minimum absolute atomic E-state index is 0.0322. The Morgan fingerprint density at radius 1 is 1.40 bits per heavy atom. The van der Waals surface area contributed by atoms with Crippen LogP contribution in [-0.4, -0.2) is 17.0 Å². The first-order valence-electron chi connectivity index (χ1n) is 5.39. The van der Waals surface area contributed by atoms with E-state index in [1.165, 1.54) is 12.3 Å². The molecule has 1 N–H and O–H groups in total. The van der Waals surface area contributed by atoms with Crippen molar-refractivity contribution in [3.8, 4) is 0 Å². The zero-order valence-corrected chi connectivity index (χ0v) is 12.3. The summed E-state index contributed by atoms with van der Waals surface area (Å²) in [5.74, 6) is -0.353. The third-order valence-corrected chi connectivity index (χ3v) is 3.70. The summed E-state index contributed by atoms with van der Waals surface area (Å²) < 4.78 is 0.794. The number of hydrogen-bond donors (Lipinski definition) is 1. The molecule has 20 heavy (non-hydrogen) atoms. The molecule has 0 atom stereocenters. The second-order valence-corrected chi connectivity index (χ2v) is 5.65. The smallest absolute Gasteiger partial charge is 0.267 e. The quantitative estimate of drug-likeness (QED) is 0.520. The van der Waals surface area contributed by atoms with Crippen LogP contribution < -0.4 is 5.43 Å². The van der Waals surface area contributed by atoms with Gasteiger partial charge >= 0.3 is 5.00 Å². The molecule has 8 heteroatoms. The molecule has 1 amide bonds. The number of carbonyl (C=O) groups is 1. The highest BCUT2D eigenvalue weighted by Crippen LogP contribution is 2.22. The summed E-state index contributed by atoms with van der Waals surface area (Å²) in [4.78, 5) is 22.4. The highest BCUT2D eigenvalue weighted by Gasteiger charge is 2.08. The Morgan fingerprint density at radius 2 is 2.20 bits per heavy atom. The molecule has 1 aromatic heterocycles. The maximum Gasteiger partial charge on any atom is 0.324 e. The lowest BCUT2D eigenvalue weighted by Gasteiger charge is -1.99. The van der Waals surface area contributed by atoms with Gasteiger partial charge in [0.2, 0.25) is 0 Å². The first kappa shape index (κ1) is 14.4. The van der Waals surface area contributed by atoms with Gasteiger partial charge in [0, 0.05) is 16.1 Å². The molecule has 2 rings (SSSR count). The van der Waals surface area contributed by atoms with Gasteiger partial charge in [-0.25, -0.2) is 5.43 Å². The summed E-state index contributed by atoms with van der Waals surface area (Å²) in [5, 5.41) is 14.3. The fourth-order valence-corrected chi connectivity index (χ4v) is 2.45. The Bertz CT molecular complexity index is 684. The second-order valence-electron chi connectivity index (χ2n) is 3.64. The van der Waals surface area contributed by atoms with Crippen LogP contribution in [-0.2, 0) is 0 Å². The maximum atomic E-state index is 11.8. The van der Waals surface area contributed by atoms with Gasteiger partial charge in [0.25, 0.3) is 5.91 Å². The second kappa shape index (κ2) is 6.40. The van der Waals surface area contributed by atoms with E-state index in [-0.39, 0.29) is 10.9 Å². The normalized spacial score (nSPS) is 10.7. The SMILES string of the molecule is O=C(N/N=C\c1ccc([N+](=O)[O-])s1)c1cccc(Br)c1. The van der Waals surface area contributed by atoms with Gasteiger partial charge in [-0.15, -0.1) is 0 Å². The average Bonchev–Trinajstić information content (AvgIpc) is 2.87. The Hall–Kier alpha value is -2.06. The van der Waals surface area contributed by atoms with Gasteiger partial charge < -0.3 is 0 Å². The fraction of sp³-hybridized carbons (Fsp3) is 0. The highest BCUT2D eigenvalue weighted by molar-refractivity contribution is 9.10. The molecule has 1 aromatic carbocycles. The number of halogens is 1. The van der Waals surface area contributed by atoms with Crippen molar-refractivity contribution in [3.63, 3.8) is 0 Å². The summed E-state index contributed by atoms with van der Waals surface area (Å²) >= 11 is 4.25. The van der Waals surface area contributed by atoms with Crippen LogP contribution in [0.25, 0.3) is 0 Å². The summed E-state index contributed by atoms with van der Waals surface area (Å²) in [6.07, 6.45) is 1.37. The van der Waals surface area contributed by atoms with Gasteiger partial charge in [-0.1, -0.05) is 33.3 Å². The van der Waals surface area contributed by atoms with Crippen molar-refractivity contribution < 1.29 is 9.72 Å². The largest absolute Gasteiger partial charge is 0.324 e. The molecule has 0 radical (unpaired) electrons. The third-order valence-electron chi connectivity index (χ3n) is 2.24. The fourth-order valence-electron chi connectivity index (χ4n) is 1.36. The molecule has 0 saturated carbocycles. The first-order valence-corrected chi connectivity index (χ1v) is 7.00. The number of nitrogens with zero attached hydrogens (tertiary/aromatic N) is 2. The predicted octanol–water partition coefficient (Wildman–Crippen LogP) is 3.18. The lowest BCUT2D eigenvalue weighted by atomic mass is 10.2. The standard InChI is InChI=1S/C12H8BrN3O3S/c13-9-3-1-2-8(6-9)12(17)15-14-7-10-4-5-11(20-10)16(18)19/h1-7H,(H,15,17)/b14-7-. The van der Waals surface area contributed by atoms with Crippen LogP contribution in [0.5, 0.6) is 0 Å². The van der Waals surface area contributed by atoms with Crippen LogP contribution in [0.4, 0.5) is 5.00 Å². The van der Waals surface area contributed by atoms with Crippen LogP contribution in [0.1, 0.15) is 15.2 Å². The molecule has 2 aromatic rings. The summed E-state index contributed by atoms with van der Waals surface area (Å²) in [5.41, 5.74) is 2.83. The van der Waals surface area contributed by atoms with E-state index in [0.29, 0.717) is 10.4 Å². The van der Waals surface area contributed by atoms with E-state index in [9.17, 15) is 14.9 Å². The minimum atomic E-state index is -0.470. The predicted molar refractivity (Wildman–Crippen MR) is 80.2 cm³/mol. The van der Waals surface area contributed by atoms with Crippen molar-refractivity contribution in [2.75, 3.05) is 0 Å². The van der Waals surface area contributed by atoms with Crippen LogP contribution >= 0.6 is 27.3 Å². The topological polar surface area (TPSA) is 84.6 Å². The van der Waals surface area contributed by atoms with Crippen molar-refractivity contribution in [1.29, 1.82) is 0 Å². The van der Waals surface area contributed by atoms with Crippen molar-refractivity contribution >= 4 is 44.4 Å². The van der Waals surface area contributed by atoms with E-state index >= 15 is 0 Å². The molecule has 0 bridgehead atoms. The molecular weight excluding hydrogens is 346 g/mol. The molecule has 0 fully saturated rings. The number of hydrazone groups is 1. The lowest BCUT2D eigenvalue weighted by molar-refractivity contribution is -0.380. The Morgan fingerprint density at radius 3 is 2.85 bits per heavy atom. The van der Waals surface area contributed by atoms with E-state index < -0.39 is 4.92 Å². The van der Waals surface area contributed by atoms with Crippen LogP contribution in [0.2, 0.25) is 0 Å². The average molecular weight is 354 g/mol. The molecule has 6 nitrogen and oxygen atoms in total. The zero-order valence-electron chi connectivity index (χ0n) is 9.95. The van der Waals surface area contributed by atoms with Crippen molar-refractivity contribution in [2.24, 2.45) is 5.10 Å². The molecular formula is C12H8BrN3O3S. The number of nitro groups is 1. The molecule has 1 heterocycles. The molecule has 0 unspecified atom stereocenters. The third kappa shape index (κ3) is 3.72. The van der Waals surface area contributed by atoms with Crippen LogP contribution in [0.3, 0.4) is 0 Å². The molecule has 0 aliphatic rings. The van der Waals surface area contributed by atoms with Crippen molar-refractivity contribution in [1.82, 2.24) is 5.43 Å². The summed E-state index contributed by atoms with van der Waals surface area (Å²) in [7, 11) is 0. The monoisotopic (exact) mass is 353 g/mol. The molecule has 0 aliphatic heterocycles.